The van der Waals surface area contributed by atoms with Crippen LogP contribution in [0.4, 0.5) is 5.69 Å². The van der Waals surface area contributed by atoms with Gasteiger partial charge in [0.05, 0.1) is 17.3 Å². The van der Waals surface area contributed by atoms with Crippen LogP contribution in [0.3, 0.4) is 0 Å². The van der Waals surface area contributed by atoms with Crippen LogP contribution in [-0.4, -0.2) is 48.5 Å². The molecule has 2 aromatic carbocycles. The van der Waals surface area contributed by atoms with E-state index in [0.717, 1.165) is 19.8 Å². The molecule has 0 spiro atoms. The van der Waals surface area contributed by atoms with Gasteiger partial charge in [0.15, 0.2) is 15.4 Å². The molecule has 186 valence electrons. The first kappa shape index (κ1) is 27.3. The Morgan fingerprint density at radius 3 is 2.18 bits per heavy atom. The number of carbonyl (C=O) groups excluding carboxylic acids is 2. The minimum Gasteiger partial charge on any atom is -0.494 e. The van der Waals surface area contributed by atoms with Crippen LogP contribution < -0.4 is 15.5 Å². The topological polar surface area (TPSA) is 142 Å². The van der Waals surface area contributed by atoms with E-state index in [2.05, 4.69) is 12.2 Å². The average Bonchev–Trinajstić information content (AvgIpc) is 2.80. The van der Waals surface area contributed by atoms with Crippen molar-refractivity contribution in [1.29, 1.82) is 0 Å². The number of rotatable bonds is 13. The lowest BCUT2D eigenvalue weighted by molar-refractivity contribution is -0.144. The van der Waals surface area contributed by atoms with Crippen molar-refractivity contribution in [1.82, 2.24) is 5.48 Å². The molecular formula is C24H32N2O7S. The number of benzene rings is 2. The standard InChI is InChI=1S/C24H32N2O7S/c1-3-4-5-6-7-16-33-20-12-8-18(9-13-20)22(27)25-19-10-14-21(15-11-19)34(31,32)17-24(2,29)23(28)26-30/h8-15,29-30H,3-7,16-17H2,1-2H3,(H,25,27)(H,26,28). The van der Waals surface area contributed by atoms with Gasteiger partial charge in [0, 0.05) is 11.3 Å². The molecule has 0 aliphatic heterocycles. The Labute approximate surface area is 200 Å². The number of carbonyl (C=O) groups is 2. The fourth-order valence-corrected chi connectivity index (χ4v) is 4.77. The Hall–Kier alpha value is -2.95. The molecule has 34 heavy (non-hydrogen) atoms. The summed E-state index contributed by atoms with van der Waals surface area (Å²) in [5.41, 5.74) is -0.288. The van der Waals surface area contributed by atoms with Gasteiger partial charge in [-0.1, -0.05) is 32.6 Å². The maximum absolute atomic E-state index is 12.5. The Kier molecular flexibility index (Phi) is 10.0. The summed E-state index contributed by atoms with van der Waals surface area (Å²) in [6.45, 7) is 3.78. The molecule has 10 heteroatoms. The van der Waals surface area contributed by atoms with Crippen molar-refractivity contribution in [3.8, 4) is 5.75 Å². The van der Waals surface area contributed by atoms with Crippen molar-refractivity contribution in [2.24, 2.45) is 0 Å². The summed E-state index contributed by atoms with van der Waals surface area (Å²) in [4.78, 5) is 23.8. The predicted octanol–water partition coefficient (Wildman–Crippen LogP) is 3.32. The number of unbranched alkanes of at least 4 members (excludes halogenated alkanes) is 4. The van der Waals surface area contributed by atoms with Crippen molar-refractivity contribution in [2.45, 2.75) is 56.4 Å². The first-order valence-corrected chi connectivity index (χ1v) is 12.8. The second-order valence-corrected chi connectivity index (χ2v) is 10.2. The number of hydrogen-bond donors (Lipinski definition) is 4. The van der Waals surface area contributed by atoms with Crippen molar-refractivity contribution in [3.63, 3.8) is 0 Å². The van der Waals surface area contributed by atoms with Gasteiger partial charge in [-0.3, -0.25) is 14.8 Å². The molecule has 0 aromatic heterocycles. The third-order valence-electron chi connectivity index (χ3n) is 5.17. The molecule has 1 atom stereocenters. The zero-order valence-electron chi connectivity index (χ0n) is 19.4. The minimum atomic E-state index is -4.04. The SMILES string of the molecule is CCCCCCCOc1ccc(C(=O)Nc2ccc(S(=O)(=O)CC(C)(O)C(=O)NO)cc2)cc1. The van der Waals surface area contributed by atoms with Gasteiger partial charge < -0.3 is 15.2 Å². The van der Waals surface area contributed by atoms with Crippen LogP contribution >= 0.6 is 0 Å². The summed E-state index contributed by atoms with van der Waals surface area (Å²) in [5.74, 6) is -1.84. The summed E-state index contributed by atoms with van der Waals surface area (Å²) in [7, 11) is -4.04. The van der Waals surface area contributed by atoms with Gasteiger partial charge in [-0.2, -0.15) is 0 Å². The zero-order valence-corrected chi connectivity index (χ0v) is 20.2. The normalized spacial score (nSPS) is 13.1. The van der Waals surface area contributed by atoms with Crippen molar-refractivity contribution < 1.29 is 33.1 Å². The van der Waals surface area contributed by atoms with Gasteiger partial charge in [0.1, 0.15) is 5.75 Å². The van der Waals surface area contributed by atoms with Crippen molar-refractivity contribution in [2.75, 3.05) is 17.7 Å². The number of hydrogen-bond acceptors (Lipinski definition) is 7. The van der Waals surface area contributed by atoms with Gasteiger partial charge in [-0.15, -0.1) is 0 Å². The van der Waals surface area contributed by atoms with E-state index in [1.807, 2.05) is 0 Å². The minimum absolute atomic E-state index is 0.146. The molecule has 4 N–H and O–H groups in total. The lowest BCUT2D eigenvalue weighted by Gasteiger charge is -2.20. The van der Waals surface area contributed by atoms with Crippen LogP contribution in [0, 0.1) is 0 Å². The summed E-state index contributed by atoms with van der Waals surface area (Å²) < 4.78 is 30.6. The molecule has 0 fully saturated rings. The first-order chi connectivity index (χ1) is 16.1. The Bertz CT molecular complexity index is 1050. The number of hydroxylamine groups is 1. The number of anilines is 1. The molecule has 0 aliphatic carbocycles. The predicted molar refractivity (Wildman–Crippen MR) is 128 cm³/mol. The van der Waals surface area contributed by atoms with E-state index in [9.17, 15) is 23.1 Å². The van der Waals surface area contributed by atoms with Gasteiger partial charge in [0.2, 0.25) is 0 Å². The smallest absolute Gasteiger partial charge is 0.276 e. The van der Waals surface area contributed by atoms with E-state index < -0.39 is 27.1 Å². The molecule has 2 amide bonds. The fourth-order valence-electron chi connectivity index (χ4n) is 3.19. The van der Waals surface area contributed by atoms with Crippen LogP contribution in [0.1, 0.15) is 56.3 Å². The van der Waals surface area contributed by atoms with Crippen LogP contribution in [-0.2, 0) is 14.6 Å². The van der Waals surface area contributed by atoms with Crippen molar-refractivity contribution >= 4 is 27.3 Å². The van der Waals surface area contributed by atoms with E-state index >= 15 is 0 Å². The number of ether oxygens (including phenoxy) is 1. The van der Waals surface area contributed by atoms with E-state index in [4.69, 9.17) is 9.94 Å². The number of amides is 2. The van der Waals surface area contributed by atoms with E-state index in [1.54, 1.807) is 24.3 Å². The van der Waals surface area contributed by atoms with Gasteiger partial charge in [0.25, 0.3) is 11.8 Å². The highest BCUT2D eigenvalue weighted by Gasteiger charge is 2.36. The van der Waals surface area contributed by atoms with Gasteiger partial charge in [-0.05, 0) is 61.9 Å². The summed E-state index contributed by atoms with van der Waals surface area (Å²) in [5, 5.41) is 21.3. The molecule has 9 nitrogen and oxygen atoms in total. The summed E-state index contributed by atoms with van der Waals surface area (Å²) >= 11 is 0. The lowest BCUT2D eigenvalue weighted by Crippen LogP contribution is -2.48. The number of sulfone groups is 1. The largest absolute Gasteiger partial charge is 0.494 e. The third kappa shape index (κ3) is 8.12. The van der Waals surface area contributed by atoms with E-state index in [-0.39, 0.29) is 10.8 Å². The second-order valence-electron chi connectivity index (χ2n) is 8.24. The Morgan fingerprint density at radius 1 is 0.971 bits per heavy atom. The Morgan fingerprint density at radius 2 is 1.59 bits per heavy atom. The molecule has 2 rings (SSSR count). The monoisotopic (exact) mass is 492 g/mol. The Balaban J connectivity index is 1.92. The first-order valence-electron chi connectivity index (χ1n) is 11.1. The van der Waals surface area contributed by atoms with Gasteiger partial charge in [-0.25, -0.2) is 13.9 Å². The summed E-state index contributed by atoms with van der Waals surface area (Å²) in [6.07, 6.45) is 5.75. The number of nitrogens with one attached hydrogen (secondary N) is 2. The number of aliphatic hydroxyl groups is 1. The molecule has 0 radical (unpaired) electrons. The van der Waals surface area contributed by atoms with E-state index in [0.29, 0.717) is 23.6 Å². The highest BCUT2D eigenvalue weighted by molar-refractivity contribution is 7.91. The van der Waals surface area contributed by atoms with Crippen LogP contribution in [0.5, 0.6) is 5.75 Å². The summed E-state index contributed by atoms with van der Waals surface area (Å²) in [6, 6.07) is 12.1. The molecule has 0 heterocycles. The zero-order chi connectivity index (χ0) is 25.2. The highest BCUT2D eigenvalue weighted by atomic mass is 32.2. The molecule has 0 saturated heterocycles. The third-order valence-corrected chi connectivity index (χ3v) is 7.10. The lowest BCUT2D eigenvalue weighted by atomic mass is 10.1. The van der Waals surface area contributed by atoms with Crippen LogP contribution in [0.2, 0.25) is 0 Å². The van der Waals surface area contributed by atoms with Crippen LogP contribution in [0.25, 0.3) is 0 Å². The maximum Gasteiger partial charge on any atom is 0.276 e. The average molecular weight is 493 g/mol. The molecule has 1 unspecified atom stereocenters. The highest BCUT2D eigenvalue weighted by Crippen LogP contribution is 2.20. The molecule has 0 aliphatic rings. The second kappa shape index (κ2) is 12.5. The molecule has 0 saturated carbocycles. The molecule has 2 aromatic rings. The molecule has 0 bridgehead atoms. The van der Waals surface area contributed by atoms with Crippen molar-refractivity contribution in [3.05, 3.63) is 54.1 Å². The van der Waals surface area contributed by atoms with Crippen LogP contribution in [0.15, 0.2) is 53.4 Å². The quantitative estimate of drug-likeness (QED) is 0.191. The van der Waals surface area contributed by atoms with E-state index in [1.165, 1.54) is 49.0 Å². The van der Waals surface area contributed by atoms with Gasteiger partial charge >= 0.3 is 0 Å². The fraction of sp³-hybridized carbons (Fsp3) is 0.417. The maximum atomic E-state index is 12.5. The molecular weight excluding hydrogens is 460 g/mol.